The number of nitrogens with zero attached hydrogens (tertiary/aromatic N) is 3. The molecule has 7 aromatic rings. The molecule has 10 heteroatoms. The van der Waals surface area contributed by atoms with E-state index in [2.05, 4.69) is 138 Å². The molecule has 0 fully saturated rings. The topological polar surface area (TPSA) is 107 Å². The third-order valence-corrected chi connectivity index (χ3v) is 9.93. The summed E-state index contributed by atoms with van der Waals surface area (Å²) in [5.41, 5.74) is 17.4. The number of nitrogen functional groups attached to an aromatic ring is 1. The summed E-state index contributed by atoms with van der Waals surface area (Å²) in [5, 5.41) is 0.795. The lowest BCUT2D eigenvalue weighted by atomic mass is 10.1. The number of carbonyl (C=O) groups is 3. The van der Waals surface area contributed by atoms with Crippen LogP contribution in [0.25, 0.3) is 16.9 Å². The van der Waals surface area contributed by atoms with Crippen LogP contribution < -0.4 is 5.73 Å². The summed E-state index contributed by atoms with van der Waals surface area (Å²) in [6.07, 6.45) is 5.92. The number of hydrogen-bond acceptors (Lipinski definition) is 6. The number of hydrogen-bond donors (Lipinski definition) is 1. The molecule has 3 aromatic heterocycles. The van der Waals surface area contributed by atoms with Crippen molar-refractivity contribution >= 4 is 75.5 Å². The van der Waals surface area contributed by atoms with Gasteiger partial charge in [0, 0.05) is 35.3 Å². The zero-order valence-electron chi connectivity index (χ0n) is 34.0. The standard InChI is InChI=1S/C15H14N2.C9H9BrO.C9H10O.C7H8.C6H8N2.C2H2Br2O/c1-11-3-6-13(7-4-11)14-10-17-9-12(2)5-8-15(17)16-14;1-7-2-4-8(5-3-7)9(11)6-10;1-7-3-5-9(6-4-7)8(2)10;1-7-5-3-2-4-6-7;1-5-2-3-6(7)8-4-5;3-1-2(4)5/h3-10H,1-2H3;2-5H,6H2,1H3;3-6H,1-2H3;2-6H,1H3;2-4H,1H3,(H2,7,8);1H2. The summed E-state index contributed by atoms with van der Waals surface area (Å²) in [6, 6.07) is 41.7. The van der Waals surface area contributed by atoms with E-state index in [1.165, 1.54) is 27.8 Å². The lowest BCUT2D eigenvalue weighted by molar-refractivity contribution is -0.108. The predicted molar refractivity (Wildman–Crippen MR) is 253 cm³/mol. The van der Waals surface area contributed by atoms with Crippen molar-refractivity contribution < 1.29 is 14.4 Å². The van der Waals surface area contributed by atoms with Crippen LogP contribution in [-0.4, -0.2) is 41.3 Å². The van der Waals surface area contributed by atoms with Crippen molar-refractivity contribution in [3.05, 3.63) is 190 Å². The number of pyridine rings is 2. The van der Waals surface area contributed by atoms with Crippen molar-refractivity contribution in [3.8, 4) is 11.3 Å². The highest BCUT2D eigenvalue weighted by Gasteiger charge is 2.04. The Bertz CT molecular complexity index is 2250. The largest absolute Gasteiger partial charge is 0.384 e. The lowest BCUT2D eigenvalue weighted by Crippen LogP contribution is -1.98. The number of Topliss-reactive ketones (excluding diaryl/α,β-unsaturated/α-hetero) is 2. The fourth-order valence-electron chi connectivity index (χ4n) is 4.58. The molecule has 0 amide bonds. The van der Waals surface area contributed by atoms with Gasteiger partial charge in [-0.15, -0.1) is 0 Å². The maximum atomic E-state index is 11.1. The van der Waals surface area contributed by atoms with Crippen LogP contribution in [0.15, 0.2) is 146 Å². The fourth-order valence-corrected chi connectivity index (χ4v) is 4.91. The molecule has 58 heavy (non-hydrogen) atoms. The van der Waals surface area contributed by atoms with Crippen LogP contribution in [0.2, 0.25) is 0 Å². The van der Waals surface area contributed by atoms with Gasteiger partial charge in [-0.05, 0) is 87.7 Å². The van der Waals surface area contributed by atoms with Crippen LogP contribution in [0.5, 0.6) is 0 Å². The molecule has 0 saturated heterocycles. The molecule has 0 aliphatic carbocycles. The summed E-state index contributed by atoms with van der Waals surface area (Å²) >= 11 is 8.73. The van der Waals surface area contributed by atoms with E-state index in [0.717, 1.165) is 33.6 Å². The molecule has 4 aromatic carbocycles. The van der Waals surface area contributed by atoms with Gasteiger partial charge in [0.1, 0.15) is 11.5 Å². The fraction of sp³-hybridized carbons (Fsp3) is 0.188. The van der Waals surface area contributed by atoms with Crippen LogP contribution in [-0.2, 0) is 4.79 Å². The summed E-state index contributed by atoms with van der Waals surface area (Å²) < 4.78 is 2.06. The molecule has 0 spiro atoms. The molecule has 0 aliphatic rings. The van der Waals surface area contributed by atoms with Gasteiger partial charge in [0.15, 0.2) is 11.6 Å². The second-order valence-corrected chi connectivity index (χ2v) is 15.2. The zero-order chi connectivity index (χ0) is 43.0. The summed E-state index contributed by atoms with van der Waals surface area (Å²) in [4.78, 5) is 40.0. The average molecular weight is 972 g/mol. The highest BCUT2D eigenvalue weighted by atomic mass is 79.9. The quantitative estimate of drug-likeness (QED) is 0.105. The van der Waals surface area contributed by atoms with Crippen LogP contribution in [0.3, 0.4) is 0 Å². The van der Waals surface area contributed by atoms with Gasteiger partial charge >= 0.3 is 0 Å². The Morgan fingerprint density at radius 3 is 1.45 bits per heavy atom. The van der Waals surface area contributed by atoms with Gasteiger partial charge in [-0.1, -0.05) is 169 Å². The van der Waals surface area contributed by atoms with Crippen molar-refractivity contribution in [1.29, 1.82) is 0 Å². The molecule has 0 saturated carbocycles. The molecule has 2 N–H and O–H groups in total. The number of anilines is 1. The first-order chi connectivity index (χ1) is 27.6. The SMILES string of the molecule is CC(=O)c1ccc(C)cc1.Cc1ccc(-c2cn3cc(C)ccc3n2)cc1.Cc1ccc(C(=O)CBr)cc1.Cc1ccc(N)nc1.Cc1ccccc1.O=C(Br)CBr. The number of halogens is 3. The smallest absolute Gasteiger partial charge is 0.208 e. The van der Waals surface area contributed by atoms with Crippen molar-refractivity contribution in [1.82, 2.24) is 14.4 Å². The number of aryl methyl sites for hydroxylation is 6. The van der Waals surface area contributed by atoms with E-state index >= 15 is 0 Å². The summed E-state index contributed by atoms with van der Waals surface area (Å²) in [6.45, 7) is 13.8. The average Bonchev–Trinajstić information content (AvgIpc) is 3.64. The number of aromatic nitrogens is 3. The van der Waals surface area contributed by atoms with Crippen LogP contribution in [0.4, 0.5) is 5.82 Å². The van der Waals surface area contributed by atoms with E-state index in [1.807, 2.05) is 99.6 Å². The number of rotatable bonds is 5. The minimum Gasteiger partial charge on any atom is -0.384 e. The number of alkyl halides is 2. The Hall–Kier alpha value is -5.03. The first kappa shape index (κ1) is 49.1. The number of nitrogens with two attached hydrogens (primary N) is 1. The molecule has 0 radical (unpaired) electrons. The van der Waals surface area contributed by atoms with Gasteiger partial charge in [-0.25, -0.2) is 9.97 Å². The van der Waals surface area contributed by atoms with E-state index in [-0.39, 0.29) is 16.3 Å². The summed E-state index contributed by atoms with van der Waals surface area (Å²) in [5.74, 6) is 0.834. The van der Waals surface area contributed by atoms with Crippen molar-refractivity contribution in [2.24, 2.45) is 0 Å². The molecule has 7 rings (SSSR count). The minimum atomic E-state index is -0.0162. The van der Waals surface area contributed by atoms with Crippen molar-refractivity contribution in [2.75, 3.05) is 16.4 Å². The monoisotopic (exact) mass is 968 g/mol. The second kappa shape index (κ2) is 26.8. The number of imidazole rings is 1. The maximum absolute atomic E-state index is 11.1. The second-order valence-electron chi connectivity index (χ2n) is 13.2. The van der Waals surface area contributed by atoms with Gasteiger partial charge in [0.05, 0.1) is 16.4 Å². The summed E-state index contributed by atoms with van der Waals surface area (Å²) in [7, 11) is 0. The van der Waals surface area contributed by atoms with E-state index in [1.54, 1.807) is 19.2 Å². The molecule has 0 unspecified atom stereocenters. The molecule has 302 valence electrons. The van der Waals surface area contributed by atoms with Crippen LogP contribution in [0.1, 0.15) is 61.0 Å². The Labute approximate surface area is 368 Å². The van der Waals surface area contributed by atoms with Crippen LogP contribution in [0, 0.1) is 41.5 Å². The molecular formula is C48H51Br3N4O3. The highest BCUT2D eigenvalue weighted by molar-refractivity contribution is 9.19. The number of carbonyl (C=O) groups excluding carboxylic acids is 3. The highest BCUT2D eigenvalue weighted by Crippen LogP contribution is 2.20. The molecular weight excluding hydrogens is 920 g/mol. The van der Waals surface area contributed by atoms with Crippen LogP contribution >= 0.6 is 47.8 Å². The van der Waals surface area contributed by atoms with Crippen molar-refractivity contribution in [3.63, 3.8) is 0 Å². The Balaban J connectivity index is 0.000000251. The first-order valence-electron chi connectivity index (χ1n) is 18.3. The molecule has 7 nitrogen and oxygen atoms in total. The molecule has 0 atom stereocenters. The molecule has 0 bridgehead atoms. The Morgan fingerprint density at radius 1 is 0.569 bits per heavy atom. The minimum absolute atomic E-state index is 0.0162. The van der Waals surface area contributed by atoms with Gasteiger partial charge in [0.2, 0.25) is 4.69 Å². The van der Waals surface area contributed by atoms with Gasteiger partial charge < -0.3 is 10.1 Å². The maximum Gasteiger partial charge on any atom is 0.208 e. The molecule has 0 aliphatic heterocycles. The van der Waals surface area contributed by atoms with Gasteiger partial charge in [-0.3, -0.25) is 14.4 Å². The number of ketones is 2. The Kier molecular flexibility index (Phi) is 22.7. The normalized spacial score (nSPS) is 9.62. The first-order valence-corrected chi connectivity index (χ1v) is 21.3. The van der Waals surface area contributed by atoms with Gasteiger partial charge in [-0.2, -0.15) is 0 Å². The predicted octanol–water partition coefficient (Wildman–Crippen LogP) is 12.7. The van der Waals surface area contributed by atoms with Gasteiger partial charge in [0.25, 0.3) is 0 Å². The van der Waals surface area contributed by atoms with E-state index in [0.29, 0.717) is 16.5 Å². The van der Waals surface area contributed by atoms with E-state index < -0.39 is 0 Å². The number of fused-ring (bicyclic) bond motifs is 1. The Morgan fingerprint density at radius 2 is 1.03 bits per heavy atom. The lowest BCUT2D eigenvalue weighted by Gasteiger charge is -1.96. The van der Waals surface area contributed by atoms with E-state index in [4.69, 9.17) is 5.73 Å². The molecule has 3 heterocycles. The van der Waals surface area contributed by atoms with Crippen molar-refractivity contribution in [2.45, 2.75) is 48.5 Å². The van der Waals surface area contributed by atoms with E-state index in [9.17, 15) is 14.4 Å². The number of benzene rings is 4. The zero-order valence-corrected chi connectivity index (χ0v) is 38.8. The third kappa shape index (κ3) is 19.9. The third-order valence-electron chi connectivity index (χ3n) is 7.88.